The van der Waals surface area contributed by atoms with Crippen molar-refractivity contribution in [2.75, 3.05) is 0 Å². The molecular weight excluding hydrogens is 334 g/mol. The van der Waals surface area contributed by atoms with Gasteiger partial charge < -0.3 is 0 Å². The summed E-state index contributed by atoms with van der Waals surface area (Å²) < 4.78 is 77.5. The Balaban J connectivity index is 2.58. The van der Waals surface area contributed by atoms with Crippen LogP contribution in [0.4, 0.5) is 26.3 Å². The predicted octanol–water partition coefficient (Wildman–Crippen LogP) is 5.48. The average molecular weight is 348 g/mol. The van der Waals surface area contributed by atoms with Crippen LogP contribution >= 0.6 is 0 Å². The minimum atomic E-state index is -4.94. The van der Waals surface area contributed by atoms with E-state index in [-0.39, 0.29) is 17.2 Å². The lowest BCUT2D eigenvalue weighted by Crippen LogP contribution is -2.15. The van der Waals surface area contributed by atoms with Crippen LogP contribution in [0.3, 0.4) is 0 Å². The fourth-order valence-electron chi connectivity index (χ4n) is 2.05. The van der Waals surface area contributed by atoms with E-state index in [0.29, 0.717) is 11.8 Å². The summed E-state index contributed by atoms with van der Waals surface area (Å²) in [5.74, 6) is 0. The number of alkyl halides is 6. The minimum Gasteiger partial charge on any atom is -0.166 e. The summed E-state index contributed by atoms with van der Waals surface area (Å²) in [4.78, 5) is 0. The molecule has 0 N–H and O–H groups in total. The van der Waals surface area contributed by atoms with Crippen molar-refractivity contribution in [1.29, 1.82) is 0 Å². The first kappa shape index (κ1) is 18.2. The quantitative estimate of drug-likeness (QED) is 0.638. The molecule has 1 aromatic heterocycles. The first-order valence-electron chi connectivity index (χ1n) is 6.93. The van der Waals surface area contributed by atoms with Crippen molar-refractivity contribution in [2.45, 2.75) is 38.5 Å². The largest absolute Gasteiger partial charge is 0.417 e. The van der Waals surface area contributed by atoms with Gasteiger partial charge in [-0.15, -0.1) is 0 Å². The summed E-state index contributed by atoms with van der Waals surface area (Å²) in [7, 11) is 0. The molecule has 0 radical (unpaired) electrons. The lowest BCUT2D eigenvalue weighted by Gasteiger charge is -2.18. The van der Waals surface area contributed by atoms with Crippen molar-refractivity contribution >= 4 is 0 Å². The van der Waals surface area contributed by atoms with Crippen LogP contribution in [0.2, 0.25) is 0 Å². The van der Waals surface area contributed by atoms with Gasteiger partial charge in [0.05, 0.1) is 22.5 Å². The van der Waals surface area contributed by atoms with Crippen LogP contribution in [0.25, 0.3) is 11.3 Å². The van der Waals surface area contributed by atoms with Crippen LogP contribution in [0.15, 0.2) is 30.3 Å². The van der Waals surface area contributed by atoms with E-state index in [1.54, 1.807) is 0 Å². The zero-order valence-corrected chi connectivity index (χ0v) is 13.0. The second-order valence-corrected chi connectivity index (χ2v) is 6.31. The molecule has 0 atom stereocenters. The number of halogens is 6. The van der Waals surface area contributed by atoms with Gasteiger partial charge in [-0.1, -0.05) is 26.8 Å². The highest BCUT2D eigenvalue weighted by atomic mass is 19.4. The maximum absolute atomic E-state index is 13.2. The van der Waals surface area contributed by atoms with Gasteiger partial charge in [-0.25, -0.2) is 0 Å². The highest BCUT2D eigenvalue weighted by molar-refractivity contribution is 5.65. The van der Waals surface area contributed by atoms with Crippen molar-refractivity contribution in [3.05, 3.63) is 47.2 Å². The second kappa shape index (κ2) is 5.75. The van der Waals surface area contributed by atoms with Crippen molar-refractivity contribution in [3.8, 4) is 11.3 Å². The molecule has 0 fully saturated rings. The Morgan fingerprint density at radius 3 is 1.79 bits per heavy atom. The Hall–Kier alpha value is -2.12. The summed E-state index contributed by atoms with van der Waals surface area (Å²) >= 11 is 0. The first-order chi connectivity index (χ1) is 10.8. The van der Waals surface area contributed by atoms with Crippen LogP contribution < -0.4 is 0 Å². The van der Waals surface area contributed by atoms with Gasteiger partial charge in [-0.05, 0) is 24.3 Å². The highest BCUT2D eigenvalue weighted by Crippen LogP contribution is 2.40. The summed E-state index contributed by atoms with van der Waals surface area (Å²) in [6.45, 7) is 5.57. The average Bonchev–Trinajstić information content (AvgIpc) is 2.44. The Bertz CT molecular complexity index is 724. The Morgan fingerprint density at radius 1 is 0.750 bits per heavy atom. The van der Waals surface area contributed by atoms with Crippen LogP contribution in [0.5, 0.6) is 0 Å². The molecule has 2 aromatic rings. The molecule has 0 bridgehead atoms. The third kappa shape index (κ3) is 3.85. The summed E-state index contributed by atoms with van der Waals surface area (Å²) in [5.41, 5.74) is -3.12. The molecule has 0 saturated carbocycles. The van der Waals surface area contributed by atoms with Gasteiger partial charge >= 0.3 is 12.4 Å². The summed E-state index contributed by atoms with van der Waals surface area (Å²) in [6, 6.07) is 4.30. The number of aromatic nitrogens is 2. The highest BCUT2D eigenvalue weighted by Gasteiger charge is 2.38. The molecule has 0 saturated heterocycles. The minimum absolute atomic E-state index is 0.0919. The Morgan fingerprint density at radius 2 is 1.38 bits per heavy atom. The van der Waals surface area contributed by atoms with E-state index in [1.165, 1.54) is 12.1 Å². The molecule has 130 valence electrons. The van der Waals surface area contributed by atoms with Crippen LogP contribution in [0.1, 0.15) is 37.6 Å². The SMILES string of the molecule is CC(C)(C)c1ccc(-c2ccc(C(F)(F)F)cc2C(F)(F)F)nn1. The standard InChI is InChI=1S/C16H14F6N2/c1-14(2,3)13-7-6-12(23-24-13)10-5-4-9(15(17,18)19)8-11(10)16(20,21)22/h4-8H,1-3H3. The molecule has 0 aliphatic heterocycles. The van der Waals surface area contributed by atoms with E-state index in [2.05, 4.69) is 10.2 Å². The predicted molar refractivity (Wildman–Crippen MR) is 76.2 cm³/mol. The topological polar surface area (TPSA) is 25.8 Å². The van der Waals surface area contributed by atoms with Crippen LogP contribution in [-0.4, -0.2) is 10.2 Å². The van der Waals surface area contributed by atoms with E-state index in [1.807, 2.05) is 20.8 Å². The van der Waals surface area contributed by atoms with Gasteiger partial charge in [0.15, 0.2) is 0 Å². The summed E-state index contributed by atoms with van der Waals surface area (Å²) in [6.07, 6.45) is -9.80. The van der Waals surface area contributed by atoms with Crippen molar-refractivity contribution in [2.24, 2.45) is 0 Å². The van der Waals surface area contributed by atoms with Gasteiger partial charge in [-0.2, -0.15) is 36.5 Å². The van der Waals surface area contributed by atoms with Gasteiger partial charge in [0, 0.05) is 11.0 Å². The van der Waals surface area contributed by atoms with Gasteiger partial charge in [0.25, 0.3) is 0 Å². The number of rotatable bonds is 1. The molecular formula is C16H14F6N2. The van der Waals surface area contributed by atoms with Crippen molar-refractivity contribution in [1.82, 2.24) is 10.2 Å². The number of benzene rings is 1. The zero-order chi connectivity index (χ0) is 18.3. The molecule has 0 unspecified atom stereocenters. The first-order valence-corrected chi connectivity index (χ1v) is 6.93. The van der Waals surface area contributed by atoms with E-state index in [0.717, 1.165) is 6.07 Å². The summed E-state index contributed by atoms with van der Waals surface area (Å²) in [5, 5.41) is 7.63. The number of hydrogen-bond acceptors (Lipinski definition) is 2. The molecule has 1 aromatic carbocycles. The maximum atomic E-state index is 13.2. The fourth-order valence-corrected chi connectivity index (χ4v) is 2.05. The second-order valence-electron chi connectivity index (χ2n) is 6.31. The molecule has 1 heterocycles. The number of hydrogen-bond donors (Lipinski definition) is 0. The van der Waals surface area contributed by atoms with Gasteiger partial charge in [0.2, 0.25) is 0 Å². The molecule has 24 heavy (non-hydrogen) atoms. The third-order valence-corrected chi connectivity index (χ3v) is 3.36. The third-order valence-electron chi connectivity index (χ3n) is 3.36. The lowest BCUT2D eigenvalue weighted by molar-refractivity contribution is -0.142. The monoisotopic (exact) mass is 348 g/mol. The number of nitrogens with zero attached hydrogens (tertiary/aromatic N) is 2. The van der Waals surface area contributed by atoms with E-state index >= 15 is 0 Å². The van der Waals surface area contributed by atoms with Crippen molar-refractivity contribution < 1.29 is 26.3 Å². The lowest BCUT2D eigenvalue weighted by atomic mass is 9.91. The maximum Gasteiger partial charge on any atom is 0.417 e. The molecule has 0 spiro atoms. The Labute approximate surface area is 134 Å². The van der Waals surface area contributed by atoms with E-state index in [4.69, 9.17) is 0 Å². The van der Waals surface area contributed by atoms with E-state index in [9.17, 15) is 26.3 Å². The van der Waals surface area contributed by atoms with Crippen molar-refractivity contribution in [3.63, 3.8) is 0 Å². The normalized spacial score (nSPS) is 13.2. The molecule has 8 heteroatoms. The molecule has 0 aliphatic rings. The van der Waals surface area contributed by atoms with Crippen LogP contribution in [0, 0.1) is 0 Å². The molecule has 2 nitrogen and oxygen atoms in total. The molecule has 0 aliphatic carbocycles. The van der Waals surface area contributed by atoms with Gasteiger partial charge in [0.1, 0.15) is 0 Å². The van der Waals surface area contributed by atoms with E-state index < -0.39 is 29.0 Å². The van der Waals surface area contributed by atoms with Crippen LogP contribution in [-0.2, 0) is 17.8 Å². The fraction of sp³-hybridized carbons (Fsp3) is 0.375. The van der Waals surface area contributed by atoms with Gasteiger partial charge in [-0.3, -0.25) is 0 Å². The Kier molecular flexibility index (Phi) is 4.37. The smallest absolute Gasteiger partial charge is 0.166 e. The molecule has 0 amide bonds. The molecule has 2 rings (SSSR count). The zero-order valence-electron chi connectivity index (χ0n) is 13.0.